The molecule has 3 heterocycles. The Morgan fingerprint density at radius 2 is 1.95 bits per heavy atom. The molecule has 0 fully saturated rings. The SMILES string of the molecule is C=C/C=C(/c1cc(F)cc(CCCN(C)C)c1)c1cc(-c2n[nH]c3ccc(-c4cnc(C)n4C)cc23)[nH]c1C. The number of aryl methyl sites for hydroxylation is 3. The van der Waals surface area contributed by atoms with Crippen LogP contribution in [0.15, 0.2) is 67.4 Å². The Bertz CT molecular complexity index is 1680. The number of halogens is 1. The van der Waals surface area contributed by atoms with E-state index in [1.54, 1.807) is 18.2 Å². The number of aromatic nitrogens is 5. The highest BCUT2D eigenvalue weighted by molar-refractivity contribution is 5.96. The number of imidazole rings is 1. The van der Waals surface area contributed by atoms with E-state index in [1.165, 1.54) is 0 Å². The van der Waals surface area contributed by atoms with Crippen molar-refractivity contribution in [2.45, 2.75) is 26.7 Å². The maximum absolute atomic E-state index is 14.7. The maximum atomic E-state index is 14.7. The number of fused-ring (bicyclic) bond motifs is 1. The molecule has 5 rings (SSSR count). The van der Waals surface area contributed by atoms with Crippen LogP contribution >= 0.6 is 0 Å². The third-order valence-electron chi connectivity index (χ3n) is 7.26. The van der Waals surface area contributed by atoms with E-state index in [1.807, 2.05) is 39.2 Å². The Labute approximate surface area is 228 Å². The number of benzene rings is 2. The zero-order valence-electron chi connectivity index (χ0n) is 23.3. The zero-order chi connectivity index (χ0) is 27.7. The Hall–Kier alpha value is -4.23. The van der Waals surface area contributed by atoms with Crippen LogP contribution in [0.1, 0.15) is 34.6 Å². The second-order valence-electron chi connectivity index (χ2n) is 10.4. The number of nitrogens with zero attached hydrogens (tertiary/aromatic N) is 4. The highest BCUT2D eigenvalue weighted by Gasteiger charge is 2.18. The molecule has 5 aromatic rings. The normalized spacial score (nSPS) is 12.1. The van der Waals surface area contributed by atoms with Gasteiger partial charge in [0.05, 0.1) is 23.1 Å². The molecular formula is C32H35FN6. The smallest absolute Gasteiger partial charge is 0.124 e. The van der Waals surface area contributed by atoms with Gasteiger partial charge in [0.15, 0.2) is 0 Å². The van der Waals surface area contributed by atoms with Crippen molar-refractivity contribution >= 4 is 16.5 Å². The van der Waals surface area contributed by atoms with Gasteiger partial charge in [0.25, 0.3) is 0 Å². The van der Waals surface area contributed by atoms with Crippen LogP contribution in [0.3, 0.4) is 0 Å². The number of aromatic amines is 2. The van der Waals surface area contributed by atoms with Gasteiger partial charge in [0, 0.05) is 29.3 Å². The molecule has 0 amide bonds. The minimum absolute atomic E-state index is 0.230. The van der Waals surface area contributed by atoms with Gasteiger partial charge in [-0.1, -0.05) is 30.9 Å². The minimum atomic E-state index is -0.230. The summed E-state index contributed by atoms with van der Waals surface area (Å²) in [6.07, 6.45) is 7.39. The first-order valence-electron chi connectivity index (χ1n) is 13.2. The van der Waals surface area contributed by atoms with Crippen molar-refractivity contribution in [3.8, 4) is 22.6 Å². The van der Waals surface area contributed by atoms with E-state index in [0.29, 0.717) is 0 Å². The lowest BCUT2D eigenvalue weighted by Crippen LogP contribution is -2.13. The van der Waals surface area contributed by atoms with Crippen LogP contribution in [-0.2, 0) is 13.5 Å². The highest BCUT2D eigenvalue weighted by Crippen LogP contribution is 2.35. The van der Waals surface area contributed by atoms with Crippen molar-refractivity contribution in [1.82, 2.24) is 29.6 Å². The summed E-state index contributed by atoms with van der Waals surface area (Å²) < 4.78 is 16.8. The maximum Gasteiger partial charge on any atom is 0.124 e. The summed E-state index contributed by atoms with van der Waals surface area (Å²) >= 11 is 0. The van der Waals surface area contributed by atoms with Crippen molar-refractivity contribution in [3.05, 3.63) is 101 Å². The van der Waals surface area contributed by atoms with Gasteiger partial charge < -0.3 is 14.5 Å². The van der Waals surface area contributed by atoms with E-state index >= 15 is 0 Å². The summed E-state index contributed by atoms with van der Waals surface area (Å²) in [7, 11) is 6.13. The van der Waals surface area contributed by atoms with Gasteiger partial charge in [-0.2, -0.15) is 5.10 Å². The summed E-state index contributed by atoms with van der Waals surface area (Å²) in [4.78, 5) is 10.1. The topological polar surface area (TPSA) is 65.5 Å². The molecule has 0 radical (unpaired) electrons. The largest absolute Gasteiger partial charge is 0.357 e. The minimum Gasteiger partial charge on any atom is -0.357 e. The lowest BCUT2D eigenvalue weighted by Gasteiger charge is -2.12. The van der Waals surface area contributed by atoms with E-state index in [-0.39, 0.29) is 5.82 Å². The molecule has 0 unspecified atom stereocenters. The van der Waals surface area contributed by atoms with E-state index in [4.69, 9.17) is 0 Å². The Morgan fingerprint density at radius 3 is 2.67 bits per heavy atom. The molecule has 7 heteroatoms. The molecule has 0 saturated carbocycles. The van der Waals surface area contributed by atoms with E-state index in [0.717, 1.165) is 86.7 Å². The summed E-state index contributed by atoms with van der Waals surface area (Å²) in [5.74, 6) is 0.730. The first-order valence-corrected chi connectivity index (χ1v) is 13.2. The third-order valence-corrected chi connectivity index (χ3v) is 7.26. The molecule has 0 spiro atoms. The molecule has 0 aliphatic rings. The molecule has 6 nitrogen and oxygen atoms in total. The van der Waals surface area contributed by atoms with Gasteiger partial charge in [0.1, 0.15) is 17.3 Å². The van der Waals surface area contributed by atoms with Gasteiger partial charge in [-0.25, -0.2) is 9.37 Å². The zero-order valence-corrected chi connectivity index (χ0v) is 23.3. The van der Waals surface area contributed by atoms with E-state index < -0.39 is 0 Å². The Morgan fingerprint density at radius 1 is 1.13 bits per heavy atom. The van der Waals surface area contributed by atoms with Crippen LogP contribution in [-0.4, -0.2) is 50.3 Å². The number of H-pyrrole nitrogens is 2. The first kappa shape index (κ1) is 26.4. The van der Waals surface area contributed by atoms with Crippen LogP contribution in [0.25, 0.3) is 39.1 Å². The van der Waals surface area contributed by atoms with Crippen LogP contribution in [0.2, 0.25) is 0 Å². The summed E-state index contributed by atoms with van der Waals surface area (Å²) in [5.41, 5.74) is 9.52. The Kier molecular flexibility index (Phi) is 7.35. The fourth-order valence-electron chi connectivity index (χ4n) is 5.12. The van der Waals surface area contributed by atoms with Gasteiger partial charge in [0.2, 0.25) is 0 Å². The van der Waals surface area contributed by atoms with Crippen molar-refractivity contribution in [2.75, 3.05) is 20.6 Å². The molecule has 0 atom stereocenters. The van der Waals surface area contributed by atoms with Crippen molar-refractivity contribution < 1.29 is 4.39 Å². The molecule has 0 aliphatic heterocycles. The molecule has 3 aromatic heterocycles. The predicted molar refractivity (Wildman–Crippen MR) is 158 cm³/mol. The lowest BCUT2D eigenvalue weighted by molar-refractivity contribution is 0.400. The first-order chi connectivity index (χ1) is 18.7. The number of allylic oxidation sites excluding steroid dienone is 2. The standard InChI is InChI=1S/C32H35FN6/c1-7-9-26(24-14-22(15-25(33)16-24)10-8-13-38(4)5)27-18-30(35-20(27)2)32-28-17-23(11-12-29(28)36-37-32)31-19-34-21(3)39(31)6/h7,9,11-12,14-19,35H,1,8,10,13H2,2-6H3,(H,36,37)/b26-9-. The molecule has 200 valence electrons. The number of rotatable bonds is 9. The van der Waals surface area contributed by atoms with Crippen LogP contribution in [0, 0.1) is 19.7 Å². The molecule has 0 aliphatic carbocycles. The second-order valence-corrected chi connectivity index (χ2v) is 10.4. The van der Waals surface area contributed by atoms with Gasteiger partial charge in [-0.15, -0.1) is 0 Å². The van der Waals surface area contributed by atoms with Gasteiger partial charge in [-0.05, 0) is 94.4 Å². The quantitative estimate of drug-likeness (QED) is 0.209. The summed E-state index contributed by atoms with van der Waals surface area (Å²) in [5, 5.41) is 8.84. The number of hydrogen-bond acceptors (Lipinski definition) is 3. The number of nitrogens with one attached hydrogen (secondary N) is 2. The number of hydrogen-bond donors (Lipinski definition) is 2. The van der Waals surface area contributed by atoms with Crippen molar-refractivity contribution in [1.29, 1.82) is 0 Å². The molecule has 39 heavy (non-hydrogen) atoms. The van der Waals surface area contributed by atoms with Crippen molar-refractivity contribution in [2.24, 2.45) is 7.05 Å². The molecular weight excluding hydrogens is 487 g/mol. The Balaban J connectivity index is 1.53. The fraction of sp³-hybridized carbons (Fsp3) is 0.250. The van der Waals surface area contributed by atoms with Crippen molar-refractivity contribution in [3.63, 3.8) is 0 Å². The van der Waals surface area contributed by atoms with Gasteiger partial charge in [-0.3, -0.25) is 5.10 Å². The fourth-order valence-corrected chi connectivity index (χ4v) is 5.12. The van der Waals surface area contributed by atoms with Crippen LogP contribution in [0.4, 0.5) is 4.39 Å². The second kappa shape index (κ2) is 10.9. The predicted octanol–water partition coefficient (Wildman–Crippen LogP) is 6.83. The average Bonchev–Trinajstić information content (AvgIpc) is 3.58. The molecule has 0 saturated heterocycles. The van der Waals surface area contributed by atoms with E-state index in [9.17, 15) is 4.39 Å². The van der Waals surface area contributed by atoms with Gasteiger partial charge >= 0.3 is 0 Å². The van der Waals surface area contributed by atoms with Crippen LogP contribution < -0.4 is 0 Å². The highest BCUT2D eigenvalue weighted by atomic mass is 19.1. The summed E-state index contributed by atoms with van der Waals surface area (Å²) in [6.45, 7) is 8.92. The molecule has 2 N–H and O–H groups in total. The summed E-state index contributed by atoms with van der Waals surface area (Å²) in [6, 6.07) is 13.7. The lowest BCUT2D eigenvalue weighted by atomic mass is 9.94. The molecule has 2 aromatic carbocycles. The monoisotopic (exact) mass is 522 g/mol. The van der Waals surface area contributed by atoms with Crippen LogP contribution in [0.5, 0.6) is 0 Å². The third kappa shape index (κ3) is 5.36. The average molecular weight is 523 g/mol. The van der Waals surface area contributed by atoms with E-state index in [2.05, 4.69) is 74.6 Å². The molecule has 0 bridgehead atoms.